The third-order valence-electron chi connectivity index (χ3n) is 4.43. The molecule has 2 aliphatic rings. The van der Waals surface area contributed by atoms with Crippen LogP contribution in [0.15, 0.2) is 18.2 Å². The van der Waals surface area contributed by atoms with Crippen molar-refractivity contribution in [3.63, 3.8) is 0 Å². The second-order valence-electron chi connectivity index (χ2n) is 6.27. The van der Waals surface area contributed by atoms with Gasteiger partial charge < -0.3 is 19.9 Å². The molecule has 0 bridgehead atoms. The number of hydrogen-bond acceptors (Lipinski definition) is 3. The van der Waals surface area contributed by atoms with Gasteiger partial charge in [-0.05, 0) is 44.4 Å². The smallest absolute Gasteiger partial charge is 0.322 e. The first-order valence-electron chi connectivity index (χ1n) is 8.35. The lowest BCUT2D eigenvalue weighted by atomic mass is 10.1. The van der Waals surface area contributed by atoms with Crippen molar-refractivity contribution >= 4 is 17.4 Å². The molecule has 23 heavy (non-hydrogen) atoms. The lowest BCUT2D eigenvalue weighted by Crippen LogP contribution is -2.46. The Morgan fingerprint density at radius 2 is 2.04 bits per heavy atom. The van der Waals surface area contributed by atoms with Crippen LogP contribution in [0.2, 0.25) is 0 Å². The van der Waals surface area contributed by atoms with Crippen LogP contribution in [0, 0.1) is 5.82 Å². The lowest BCUT2D eigenvalue weighted by Gasteiger charge is -2.33. The maximum atomic E-state index is 13.7. The number of rotatable bonds is 2. The molecule has 0 radical (unpaired) electrons. The highest BCUT2D eigenvalue weighted by molar-refractivity contribution is 5.93. The molecular weight excluding hydrogens is 297 g/mol. The average Bonchev–Trinajstić information content (AvgIpc) is 2.56. The van der Waals surface area contributed by atoms with Crippen LogP contribution < -0.4 is 10.2 Å². The molecule has 2 fully saturated rings. The van der Waals surface area contributed by atoms with Gasteiger partial charge in [-0.15, -0.1) is 0 Å². The Balaban J connectivity index is 1.75. The van der Waals surface area contributed by atoms with E-state index < -0.39 is 0 Å². The predicted octanol–water partition coefficient (Wildman–Crippen LogP) is 3.07. The fraction of sp³-hybridized carbons (Fsp3) is 0.588. The minimum Gasteiger partial charge on any atom is -0.375 e. The SMILES string of the molecule is C[C@H]1CN(C(=O)Nc2cc(F)ccc2N2CCCCC2)CCO1. The quantitative estimate of drug-likeness (QED) is 0.910. The monoisotopic (exact) mass is 321 g/mol. The number of halogens is 1. The van der Waals surface area contributed by atoms with E-state index in [0.717, 1.165) is 31.6 Å². The highest BCUT2D eigenvalue weighted by Crippen LogP contribution is 2.29. The molecule has 0 spiro atoms. The van der Waals surface area contributed by atoms with Crippen LogP contribution in [0.1, 0.15) is 26.2 Å². The second kappa shape index (κ2) is 7.17. The Labute approximate surface area is 136 Å². The van der Waals surface area contributed by atoms with Crippen LogP contribution >= 0.6 is 0 Å². The van der Waals surface area contributed by atoms with Crippen LogP contribution in [-0.4, -0.2) is 49.8 Å². The first kappa shape index (κ1) is 16.1. The molecule has 0 saturated carbocycles. The molecule has 3 rings (SSSR count). The number of benzene rings is 1. The molecule has 2 heterocycles. The van der Waals surface area contributed by atoms with Crippen LogP contribution in [0.3, 0.4) is 0 Å². The molecule has 2 saturated heterocycles. The fourth-order valence-electron chi connectivity index (χ4n) is 3.22. The molecule has 5 nitrogen and oxygen atoms in total. The van der Waals surface area contributed by atoms with E-state index >= 15 is 0 Å². The Kier molecular flexibility index (Phi) is 5.00. The van der Waals surface area contributed by atoms with Crippen LogP contribution in [0.5, 0.6) is 0 Å². The average molecular weight is 321 g/mol. The number of ether oxygens (including phenoxy) is 1. The van der Waals surface area contributed by atoms with E-state index in [0.29, 0.717) is 25.4 Å². The molecule has 126 valence electrons. The van der Waals surface area contributed by atoms with E-state index in [1.165, 1.54) is 18.6 Å². The summed E-state index contributed by atoms with van der Waals surface area (Å²) in [5, 5.41) is 2.89. The van der Waals surface area contributed by atoms with Crippen molar-refractivity contribution in [2.24, 2.45) is 0 Å². The molecule has 0 unspecified atom stereocenters. The second-order valence-corrected chi connectivity index (χ2v) is 6.27. The van der Waals surface area contributed by atoms with Crippen molar-refractivity contribution in [2.45, 2.75) is 32.3 Å². The number of nitrogens with zero attached hydrogens (tertiary/aromatic N) is 2. The van der Waals surface area contributed by atoms with Gasteiger partial charge in [0.25, 0.3) is 0 Å². The van der Waals surface area contributed by atoms with Crippen molar-refractivity contribution < 1.29 is 13.9 Å². The molecule has 1 N–H and O–H groups in total. The molecule has 0 aromatic heterocycles. The van der Waals surface area contributed by atoms with Crippen LogP contribution in [-0.2, 0) is 4.74 Å². The fourth-order valence-corrected chi connectivity index (χ4v) is 3.22. The standard InChI is InChI=1S/C17H24FN3O2/c1-13-12-21(9-10-23-13)17(22)19-15-11-14(18)5-6-16(15)20-7-3-2-4-8-20/h5-6,11,13H,2-4,7-10,12H2,1H3,(H,19,22)/t13-/m0/s1. The minimum absolute atomic E-state index is 0.0311. The zero-order valence-corrected chi connectivity index (χ0v) is 13.6. The summed E-state index contributed by atoms with van der Waals surface area (Å²) in [5.41, 5.74) is 1.46. The number of urea groups is 1. The van der Waals surface area contributed by atoms with Crippen molar-refractivity contribution in [3.8, 4) is 0 Å². The molecule has 1 aromatic rings. The number of carbonyl (C=O) groups is 1. The summed E-state index contributed by atoms with van der Waals surface area (Å²) >= 11 is 0. The van der Waals surface area contributed by atoms with Gasteiger partial charge in [0, 0.05) is 26.2 Å². The van der Waals surface area contributed by atoms with Gasteiger partial charge in [0.15, 0.2) is 0 Å². The van der Waals surface area contributed by atoms with Crippen molar-refractivity contribution in [1.29, 1.82) is 0 Å². The summed E-state index contributed by atoms with van der Waals surface area (Å²) in [6.07, 6.45) is 3.52. The maximum Gasteiger partial charge on any atom is 0.322 e. The first-order valence-corrected chi connectivity index (χ1v) is 8.35. The van der Waals surface area contributed by atoms with Gasteiger partial charge in [0.1, 0.15) is 5.82 Å². The van der Waals surface area contributed by atoms with Gasteiger partial charge in [-0.3, -0.25) is 0 Å². The molecule has 1 aromatic carbocycles. The summed E-state index contributed by atoms with van der Waals surface area (Å²) in [4.78, 5) is 16.4. The van der Waals surface area contributed by atoms with E-state index in [1.807, 2.05) is 6.92 Å². The molecular formula is C17H24FN3O2. The van der Waals surface area contributed by atoms with Crippen molar-refractivity contribution in [2.75, 3.05) is 43.0 Å². The summed E-state index contributed by atoms with van der Waals surface area (Å²) in [6, 6.07) is 4.43. The molecule has 6 heteroatoms. The van der Waals surface area contributed by atoms with Crippen LogP contribution in [0.25, 0.3) is 0 Å². The van der Waals surface area contributed by atoms with Gasteiger partial charge in [-0.25, -0.2) is 9.18 Å². The third kappa shape index (κ3) is 3.93. The number of nitrogens with one attached hydrogen (secondary N) is 1. The topological polar surface area (TPSA) is 44.8 Å². The van der Waals surface area contributed by atoms with Gasteiger partial charge in [0.05, 0.1) is 24.1 Å². The Bertz CT molecular complexity index is 561. The third-order valence-corrected chi connectivity index (χ3v) is 4.43. The highest BCUT2D eigenvalue weighted by Gasteiger charge is 2.23. The molecule has 2 aliphatic heterocycles. The Morgan fingerprint density at radius 1 is 1.26 bits per heavy atom. The molecule has 0 aliphatic carbocycles. The van der Waals surface area contributed by atoms with E-state index in [9.17, 15) is 9.18 Å². The molecule has 2 amide bonds. The van der Waals surface area contributed by atoms with Crippen LogP contribution in [0.4, 0.5) is 20.6 Å². The number of carbonyl (C=O) groups excluding carboxylic acids is 1. The minimum atomic E-state index is -0.337. The summed E-state index contributed by atoms with van der Waals surface area (Å²) < 4.78 is 19.1. The maximum absolute atomic E-state index is 13.7. The largest absolute Gasteiger partial charge is 0.375 e. The van der Waals surface area contributed by atoms with Gasteiger partial charge in [-0.1, -0.05) is 0 Å². The van der Waals surface area contributed by atoms with Gasteiger partial charge in [-0.2, -0.15) is 0 Å². The molecule has 1 atom stereocenters. The summed E-state index contributed by atoms with van der Waals surface area (Å²) in [5.74, 6) is -0.337. The number of anilines is 2. The highest BCUT2D eigenvalue weighted by atomic mass is 19.1. The number of morpholine rings is 1. The number of hydrogen-bond donors (Lipinski definition) is 1. The zero-order chi connectivity index (χ0) is 16.2. The van der Waals surface area contributed by atoms with E-state index in [4.69, 9.17) is 4.74 Å². The first-order chi connectivity index (χ1) is 11.1. The zero-order valence-electron chi connectivity index (χ0n) is 13.6. The van der Waals surface area contributed by atoms with E-state index in [-0.39, 0.29) is 18.0 Å². The van der Waals surface area contributed by atoms with Gasteiger partial charge >= 0.3 is 6.03 Å². The lowest BCUT2D eigenvalue weighted by molar-refractivity contribution is -0.00138. The van der Waals surface area contributed by atoms with Crippen molar-refractivity contribution in [3.05, 3.63) is 24.0 Å². The number of amides is 2. The van der Waals surface area contributed by atoms with E-state index in [1.54, 1.807) is 11.0 Å². The summed E-state index contributed by atoms with van der Waals surface area (Å²) in [6.45, 7) is 5.49. The summed E-state index contributed by atoms with van der Waals surface area (Å²) in [7, 11) is 0. The Hall–Kier alpha value is -1.82. The van der Waals surface area contributed by atoms with E-state index in [2.05, 4.69) is 10.2 Å². The van der Waals surface area contributed by atoms with Crippen molar-refractivity contribution in [1.82, 2.24) is 4.90 Å². The van der Waals surface area contributed by atoms with Gasteiger partial charge in [0.2, 0.25) is 0 Å². The Morgan fingerprint density at radius 3 is 2.78 bits per heavy atom. The predicted molar refractivity (Wildman–Crippen MR) is 88.5 cm³/mol. The number of piperidine rings is 1. The normalized spacial score (nSPS) is 22.1.